The number of carbonyl (C=O) groups excluding carboxylic acids is 2. The molecular formula is C19H23N3O3S. The third-order valence-corrected chi connectivity index (χ3v) is 5.36. The van der Waals surface area contributed by atoms with Crippen molar-refractivity contribution in [3.8, 4) is 0 Å². The molecule has 0 N–H and O–H groups in total. The highest BCUT2D eigenvalue weighted by atomic mass is 32.1. The number of aryl methyl sites for hydroxylation is 1. The lowest BCUT2D eigenvalue weighted by Gasteiger charge is -2.19. The lowest BCUT2D eigenvalue weighted by atomic mass is 10.1. The summed E-state index contributed by atoms with van der Waals surface area (Å²) in [7, 11) is 2.93. The number of rotatable bonds is 4. The third-order valence-electron chi connectivity index (χ3n) is 4.86. The molecule has 2 aliphatic heterocycles. The van der Waals surface area contributed by atoms with E-state index in [1.165, 1.54) is 35.4 Å². The predicted molar refractivity (Wildman–Crippen MR) is 105 cm³/mol. The van der Waals surface area contributed by atoms with Gasteiger partial charge in [-0.15, -0.1) is 0 Å². The summed E-state index contributed by atoms with van der Waals surface area (Å²) < 4.78 is 4.72. The Kier molecular flexibility index (Phi) is 5.27. The summed E-state index contributed by atoms with van der Waals surface area (Å²) in [6.45, 7) is 4.12. The molecule has 0 aliphatic carbocycles. The van der Waals surface area contributed by atoms with Crippen molar-refractivity contribution in [3.05, 3.63) is 35.0 Å². The highest BCUT2D eigenvalue weighted by Gasteiger charge is 2.36. The molecule has 0 radical (unpaired) electrons. The quantitative estimate of drug-likeness (QED) is 0.458. The van der Waals surface area contributed by atoms with Gasteiger partial charge in [-0.3, -0.25) is 14.5 Å². The average molecular weight is 373 g/mol. The Morgan fingerprint density at radius 1 is 1.31 bits per heavy atom. The average Bonchev–Trinajstić information content (AvgIpc) is 3.23. The van der Waals surface area contributed by atoms with Crippen molar-refractivity contribution in [1.29, 1.82) is 0 Å². The van der Waals surface area contributed by atoms with Gasteiger partial charge in [0, 0.05) is 25.8 Å². The molecule has 6 nitrogen and oxygen atoms in total. The summed E-state index contributed by atoms with van der Waals surface area (Å²) in [4.78, 5) is 29.5. The number of nitrogens with zero attached hydrogens (tertiary/aromatic N) is 3. The number of esters is 1. The van der Waals surface area contributed by atoms with Crippen LogP contribution in [-0.2, 0) is 14.3 Å². The van der Waals surface area contributed by atoms with E-state index in [0.717, 1.165) is 24.2 Å². The highest BCUT2D eigenvalue weighted by Crippen LogP contribution is 2.27. The number of ether oxygens (including phenoxy) is 1. The summed E-state index contributed by atoms with van der Waals surface area (Å²) in [5.41, 5.74) is 3.61. The topological polar surface area (TPSA) is 53.1 Å². The highest BCUT2D eigenvalue weighted by molar-refractivity contribution is 7.80. The summed E-state index contributed by atoms with van der Waals surface area (Å²) in [5.74, 6) is -0.663. The zero-order valence-electron chi connectivity index (χ0n) is 15.3. The van der Waals surface area contributed by atoms with E-state index in [4.69, 9.17) is 17.0 Å². The molecule has 0 saturated carbocycles. The first-order chi connectivity index (χ1) is 12.4. The Labute approximate surface area is 159 Å². The Hall–Kier alpha value is -2.41. The number of benzene rings is 1. The largest absolute Gasteiger partial charge is 0.468 e. The molecule has 2 saturated heterocycles. The molecule has 2 fully saturated rings. The molecule has 2 heterocycles. The molecule has 26 heavy (non-hydrogen) atoms. The number of methoxy groups -OCH3 is 1. The number of likely N-dealkylation sites (N-methyl/N-ethyl adjacent to an activating group) is 1. The van der Waals surface area contributed by atoms with Crippen molar-refractivity contribution in [3.63, 3.8) is 0 Å². The van der Waals surface area contributed by atoms with Crippen LogP contribution in [0.5, 0.6) is 0 Å². The van der Waals surface area contributed by atoms with Crippen LogP contribution in [0.3, 0.4) is 0 Å². The normalized spacial score (nSPS) is 19.0. The van der Waals surface area contributed by atoms with Gasteiger partial charge in [0.1, 0.15) is 12.2 Å². The monoisotopic (exact) mass is 373 g/mol. The van der Waals surface area contributed by atoms with Gasteiger partial charge in [-0.25, -0.2) is 0 Å². The van der Waals surface area contributed by atoms with Gasteiger partial charge in [0.25, 0.3) is 5.91 Å². The Balaban J connectivity index is 1.92. The van der Waals surface area contributed by atoms with E-state index in [-0.39, 0.29) is 12.5 Å². The molecule has 0 aromatic heterocycles. The number of anilines is 1. The first kappa shape index (κ1) is 18.4. The lowest BCUT2D eigenvalue weighted by molar-refractivity contribution is -0.140. The van der Waals surface area contributed by atoms with E-state index >= 15 is 0 Å². The molecule has 0 bridgehead atoms. The first-order valence-corrected chi connectivity index (χ1v) is 9.07. The van der Waals surface area contributed by atoms with Crippen LogP contribution in [0, 0.1) is 6.92 Å². The zero-order valence-corrected chi connectivity index (χ0v) is 16.1. The molecular weight excluding hydrogens is 350 g/mol. The van der Waals surface area contributed by atoms with Gasteiger partial charge < -0.3 is 14.5 Å². The SMILES string of the molecule is COC(=O)CN1C(=S)N(C)C(=O)/C1=C\c1ccc(N2CCCC2)cc1C. The van der Waals surface area contributed by atoms with Crippen molar-refractivity contribution in [2.45, 2.75) is 19.8 Å². The second-order valence-corrected chi connectivity index (χ2v) is 6.94. The Morgan fingerprint density at radius 3 is 2.62 bits per heavy atom. The van der Waals surface area contributed by atoms with Gasteiger partial charge in [0.2, 0.25) is 0 Å². The summed E-state index contributed by atoms with van der Waals surface area (Å²) >= 11 is 5.30. The fraction of sp³-hybridized carbons (Fsp3) is 0.421. The molecule has 1 aromatic rings. The fourth-order valence-electron chi connectivity index (χ4n) is 3.29. The molecule has 3 rings (SSSR count). The summed E-state index contributed by atoms with van der Waals surface area (Å²) in [6.07, 6.45) is 4.25. The van der Waals surface area contributed by atoms with Crippen LogP contribution in [0.15, 0.2) is 23.9 Å². The van der Waals surface area contributed by atoms with Crippen LogP contribution >= 0.6 is 12.2 Å². The van der Waals surface area contributed by atoms with E-state index < -0.39 is 5.97 Å². The molecule has 0 spiro atoms. The number of amides is 1. The number of hydrogen-bond acceptors (Lipinski definition) is 5. The zero-order chi connectivity index (χ0) is 18.8. The number of hydrogen-bond donors (Lipinski definition) is 0. The van der Waals surface area contributed by atoms with E-state index in [2.05, 4.69) is 17.0 Å². The van der Waals surface area contributed by atoms with Gasteiger partial charge >= 0.3 is 5.97 Å². The Morgan fingerprint density at radius 2 is 2.00 bits per heavy atom. The van der Waals surface area contributed by atoms with E-state index in [9.17, 15) is 9.59 Å². The van der Waals surface area contributed by atoms with Crippen LogP contribution in [0.4, 0.5) is 5.69 Å². The minimum absolute atomic E-state index is 0.0812. The number of thiocarbonyl (C=S) groups is 1. The van der Waals surface area contributed by atoms with Crippen molar-refractivity contribution in [1.82, 2.24) is 9.80 Å². The van der Waals surface area contributed by atoms with E-state index in [1.54, 1.807) is 13.1 Å². The molecule has 0 atom stereocenters. The van der Waals surface area contributed by atoms with Gasteiger partial charge in [0.15, 0.2) is 5.11 Å². The maximum Gasteiger partial charge on any atom is 0.325 e. The Bertz CT molecular complexity index is 784. The summed E-state index contributed by atoms with van der Waals surface area (Å²) in [5, 5.41) is 0.304. The van der Waals surface area contributed by atoms with Gasteiger partial charge in [-0.2, -0.15) is 0 Å². The van der Waals surface area contributed by atoms with E-state index in [0.29, 0.717) is 10.8 Å². The van der Waals surface area contributed by atoms with Crippen molar-refractivity contribution < 1.29 is 14.3 Å². The lowest BCUT2D eigenvalue weighted by Crippen LogP contribution is -2.33. The van der Waals surface area contributed by atoms with Gasteiger partial charge in [-0.1, -0.05) is 6.07 Å². The van der Waals surface area contributed by atoms with Gasteiger partial charge in [-0.05, 0) is 61.3 Å². The first-order valence-electron chi connectivity index (χ1n) is 8.66. The molecule has 2 aliphatic rings. The maximum atomic E-state index is 12.6. The fourth-order valence-corrected chi connectivity index (χ4v) is 3.53. The second-order valence-electron chi connectivity index (χ2n) is 6.57. The van der Waals surface area contributed by atoms with Gasteiger partial charge in [0.05, 0.1) is 7.11 Å². The summed E-state index contributed by atoms with van der Waals surface area (Å²) in [6, 6.07) is 6.24. The maximum absolute atomic E-state index is 12.6. The molecule has 0 unspecified atom stereocenters. The molecule has 138 valence electrons. The van der Waals surface area contributed by atoms with Crippen molar-refractivity contribution in [2.24, 2.45) is 0 Å². The van der Waals surface area contributed by atoms with E-state index in [1.807, 2.05) is 13.0 Å². The molecule has 1 amide bonds. The number of carbonyl (C=O) groups is 2. The van der Waals surface area contributed by atoms with Crippen LogP contribution in [0.2, 0.25) is 0 Å². The molecule has 1 aromatic carbocycles. The van der Waals surface area contributed by atoms with Crippen LogP contribution < -0.4 is 4.90 Å². The standard InChI is InChI=1S/C19H23N3O3S/c1-13-10-15(21-8-4-5-9-21)7-6-14(13)11-16-18(24)20(2)19(26)22(16)12-17(23)25-3/h6-7,10-11H,4-5,8-9,12H2,1-3H3/b16-11+. The third kappa shape index (κ3) is 3.44. The van der Waals surface area contributed by atoms with Crippen molar-refractivity contribution >= 4 is 41.0 Å². The van der Waals surface area contributed by atoms with Crippen LogP contribution in [0.1, 0.15) is 24.0 Å². The minimum Gasteiger partial charge on any atom is -0.468 e. The van der Waals surface area contributed by atoms with Crippen LogP contribution in [0.25, 0.3) is 6.08 Å². The van der Waals surface area contributed by atoms with Crippen molar-refractivity contribution in [2.75, 3.05) is 38.7 Å². The predicted octanol–water partition coefficient (Wildman–Crippen LogP) is 2.17. The smallest absolute Gasteiger partial charge is 0.325 e. The minimum atomic E-state index is -0.442. The van der Waals surface area contributed by atoms with Crippen LogP contribution in [-0.4, -0.2) is 60.6 Å². The second kappa shape index (κ2) is 7.45. The molecule has 7 heteroatoms.